The van der Waals surface area contributed by atoms with E-state index in [2.05, 4.69) is 9.50 Å². The van der Waals surface area contributed by atoms with Gasteiger partial charge in [-0.1, -0.05) is 30.3 Å². The Bertz CT molecular complexity index is 794. The predicted molar refractivity (Wildman–Crippen MR) is 96.6 cm³/mol. The molecule has 0 aromatic heterocycles. The molecule has 0 aliphatic carbocycles. The molecule has 0 heterocycles. The Balaban J connectivity index is 0.000000769. The van der Waals surface area contributed by atoms with Gasteiger partial charge in [0.1, 0.15) is 6.04 Å². The zero-order valence-corrected chi connectivity index (χ0v) is 16.0. The third-order valence-electron chi connectivity index (χ3n) is 3.20. The van der Waals surface area contributed by atoms with Crippen LogP contribution in [-0.4, -0.2) is 60.8 Å². The van der Waals surface area contributed by atoms with E-state index in [0.717, 1.165) is 19.6 Å². The van der Waals surface area contributed by atoms with E-state index in [4.69, 9.17) is 15.9 Å². The van der Waals surface area contributed by atoms with Crippen LogP contribution >= 0.6 is 0 Å². The normalized spacial score (nSPS) is 12.7. The summed E-state index contributed by atoms with van der Waals surface area (Å²) in [6.07, 6.45) is -0.453. The lowest BCUT2D eigenvalue weighted by molar-refractivity contribution is -0.142. The van der Waals surface area contributed by atoms with Crippen molar-refractivity contribution < 1.29 is 42.0 Å². The molecule has 0 radical (unpaired) electrons. The van der Waals surface area contributed by atoms with E-state index in [1.54, 1.807) is 30.3 Å². The van der Waals surface area contributed by atoms with Crippen LogP contribution < -0.4 is 11.1 Å². The van der Waals surface area contributed by atoms with Gasteiger partial charge in [0.2, 0.25) is 5.91 Å². The lowest BCUT2D eigenvalue weighted by Gasteiger charge is -2.17. The highest BCUT2D eigenvalue weighted by molar-refractivity contribution is 8.01. The first-order valence-corrected chi connectivity index (χ1v) is 9.17. The van der Waals surface area contributed by atoms with Gasteiger partial charge < -0.3 is 21.3 Å². The fourth-order valence-corrected chi connectivity index (χ4v) is 1.96. The Kier molecular flexibility index (Phi) is 10.6. The number of carboxylic acid groups (broad SMARTS) is 2. The molecular formula is C16H22N2O9S. The van der Waals surface area contributed by atoms with Crippen LogP contribution in [0, 0.1) is 0 Å². The smallest absolute Gasteiger partial charge is 0.330 e. The molecule has 0 aliphatic heterocycles. The van der Waals surface area contributed by atoms with E-state index in [9.17, 15) is 27.6 Å². The second kappa shape index (κ2) is 11.8. The fraction of sp³-hybridized carbons (Fsp3) is 0.375. The summed E-state index contributed by atoms with van der Waals surface area (Å²) >= 11 is 0. The lowest BCUT2D eigenvalue weighted by Crippen LogP contribution is -2.49. The molecule has 0 spiro atoms. The van der Waals surface area contributed by atoms with E-state index >= 15 is 0 Å². The van der Waals surface area contributed by atoms with Gasteiger partial charge in [0.25, 0.3) is 5.12 Å². The zero-order chi connectivity index (χ0) is 21.9. The molecule has 0 aliphatic rings. The van der Waals surface area contributed by atoms with Crippen LogP contribution in [0.3, 0.4) is 0 Å². The van der Waals surface area contributed by atoms with Crippen LogP contribution in [0.15, 0.2) is 30.3 Å². The first-order chi connectivity index (χ1) is 12.9. The number of rotatable bonds is 8. The highest BCUT2D eigenvalue weighted by Crippen LogP contribution is 2.04. The lowest BCUT2D eigenvalue weighted by atomic mass is 10.1. The van der Waals surface area contributed by atoms with Gasteiger partial charge >= 0.3 is 22.1 Å². The second-order valence-electron chi connectivity index (χ2n) is 5.41. The van der Waals surface area contributed by atoms with E-state index < -0.39 is 51.6 Å². The molecule has 12 heteroatoms. The van der Waals surface area contributed by atoms with E-state index in [1.807, 2.05) is 0 Å². The maximum absolute atomic E-state index is 11.6. The highest BCUT2D eigenvalue weighted by atomic mass is 32.2. The molecule has 0 fully saturated rings. The molecule has 1 aromatic carbocycles. The number of nitrogens with two attached hydrogens (primary N) is 1. The Labute approximate surface area is 161 Å². The van der Waals surface area contributed by atoms with Gasteiger partial charge in [0.15, 0.2) is 0 Å². The molecule has 2 unspecified atom stereocenters. The monoisotopic (exact) mass is 418 g/mol. The number of carbonyl (C=O) groups excluding carboxylic acids is 2. The molecule has 1 rings (SSSR count). The summed E-state index contributed by atoms with van der Waals surface area (Å²) in [6.45, 7) is 0.929. The average molecular weight is 418 g/mol. The SMILES string of the molecule is COS(=O)(=O)C(C)=O.NC(CC(=O)O)C(=O)NC(Cc1ccccc1)C(=O)O. The van der Waals surface area contributed by atoms with Gasteiger partial charge in [-0.15, -0.1) is 0 Å². The van der Waals surface area contributed by atoms with E-state index in [1.165, 1.54) is 0 Å². The van der Waals surface area contributed by atoms with E-state index in [-0.39, 0.29) is 6.42 Å². The van der Waals surface area contributed by atoms with Gasteiger partial charge in [-0.05, 0) is 5.56 Å². The van der Waals surface area contributed by atoms with Crippen LogP contribution in [0.4, 0.5) is 0 Å². The summed E-state index contributed by atoms with van der Waals surface area (Å²) in [7, 11) is -2.93. The molecule has 5 N–H and O–H groups in total. The quantitative estimate of drug-likeness (QED) is 0.385. The minimum Gasteiger partial charge on any atom is -0.481 e. The summed E-state index contributed by atoms with van der Waals surface area (Å²) < 4.78 is 24.1. The van der Waals surface area contributed by atoms with Crippen LogP contribution in [0.5, 0.6) is 0 Å². The van der Waals surface area contributed by atoms with Crippen LogP contribution in [0.1, 0.15) is 18.9 Å². The molecule has 0 saturated carbocycles. The molecule has 2 atom stereocenters. The Hall–Kier alpha value is -2.83. The topological polar surface area (TPSA) is 190 Å². The van der Waals surface area contributed by atoms with Crippen molar-refractivity contribution in [2.75, 3.05) is 7.11 Å². The standard InChI is InChI=1S/C13H16N2O5.C3H6O4S/c14-9(7-11(16)17)12(18)15-10(13(19)20)6-8-4-2-1-3-5-8;1-3(4)8(5,6)7-2/h1-5,9-10H,6-7,14H2,(H,15,18)(H,16,17)(H,19,20);1-2H3. The number of amides is 1. The number of hydrogen-bond donors (Lipinski definition) is 4. The molecule has 11 nitrogen and oxygen atoms in total. The number of benzene rings is 1. The Morgan fingerprint density at radius 3 is 2.04 bits per heavy atom. The second-order valence-corrected chi connectivity index (χ2v) is 7.22. The zero-order valence-electron chi connectivity index (χ0n) is 15.2. The number of nitrogens with one attached hydrogen (secondary N) is 1. The molecule has 156 valence electrons. The number of carboxylic acids is 2. The summed E-state index contributed by atoms with van der Waals surface area (Å²) in [5.41, 5.74) is 6.12. The largest absolute Gasteiger partial charge is 0.481 e. The Morgan fingerprint density at radius 2 is 1.68 bits per heavy atom. The van der Waals surface area contributed by atoms with Gasteiger partial charge in [-0.25, -0.2) is 4.79 Å². The van der Waals surface area contributed by atoms with E-state index in [0.29, 0.717) is 0 Å². The van der Waals surface area contributed by atoms with Gasteiger partial charge in [0, 0.05) is 13.3 Å². The van der Waals surface area contributed by atoms with Gasteiger partial charge in [-0.3, -0.25) is 18.6 Å². The number of aliphatic carboxylic acids is 2. The molecule has 1 amide bonds. The van der Waals surface area contributed by atoms with Gasteiger partial charge in [0.05, 0.1) is 19.6 Å². The summed E-state index contributed by atoms with van der Waals surface area (Å²) in [4.78, 5) is 43.2. The summed E-state index contributed by atoms with van der Waals surface area (Å²) in [5, 5.41) is 18.9. The van der Waals surface area contributed by atoms with Crippen LogP contribution in [0.25, 0.3) is 0 Å². The number of carbonyl (C=O) groups is 4. The maximum atomic E-state index is 11.6. The average Bonchev–Trinajstić information content (AvgIpc) is 2.61. The molecular weight excluding hydrogens is 396 g/mol. The Morgan fingerprint density at radius 1 is 1.14 bits per heavy atom. The summed E-state index contributed by atoms with van der Waals surface area (Å²) in [6, 6.07) is 6.35. The van der Waals surface area contributed by atoms with Crippen LogP contribution in [-0.2, 0) is 39.9 Å². The predicted octanol–water partition coefficient (Wildman–Crippen LogP) is -0.890. The van der Waals surface area contributed by atoms with Crippen molar-refractivity contribution in [3.63, 3.8) is 0 Å². The molecule has 0 saturated heterocycles. The maximum Gasteiger partial charge on any atom is 0.330 e. The minimum absolute atomic E-state index is 0.0989. The van der Waals surface area contributed by atoms with Crippen molar-refractivity contribution in [3.05, 3.63) is 35.9 Å². The van der Waals surface area contributed by atoms with Crippen molar-refractivity contribution in [2.24, 2.45) is 5.73 Å². The van der Waals surface area contributed by atoms with Crippen LogP contribution in [0.2, 0.25) is 0 Å². The highest BCUT2D eigenvalue weighted by Gasteiger charge is 2.24. The third kappa shape index (κ3) is 9.75. The fourth-order valence-electron chi connectivity index (χ4n) is 1.73. The molecule has 0 bridgehead atoms. The minimum atomic E-state index is -3.87. The van der Waals surface area contributed by atoms with Gasteiger partial charge in [-0.2, -0.15) is 8.42 Å². The van der Waals surface area contributed by atoms with Crippen molar-refractivity contribution in [1.29, 1.82) is 0 Å². The van der Waals surface area contributed by atoms with Crippen molar-refractivity contribution in [2.45, 2.75) is 31.8 Å². The molecule has 28 heavy (non-hydrogen) atoms. The summed E-state index contributed by atoms with van der Waals surface area (Å²) in [5.74, 6) is -3.22. The molecule has 1 aromatic rings. The first-order valence-electron chi connectivity index (χ1n) is 7.76. The first kappa shape index (κ1) is 25.2. The van der Waals surface area contributed by atoms with Crippen molar-refractivity contribution in [3.8, 4) is 0 Å². The van der Waals surface area contributed by atoms with Crippen molar-refractivity contribution in [1.82, 2.24) is 5.32 Å². The number of hydrogen-bond acceptors (Lipinski definition) is 8. The third-order valence-corrected chi connectivity index (χ3v) is 4.34. The van der Waals surface area contributed by atoms with Crippen molar-refractivity contribution >= 4 is 33.1 Å².